The highest BCUT2D eigenvalue weighted by Crippen LogP contribution is 2.25. The number of hydrogen-bond acceptors (Lipinski definition) is 4. The minimum Gasteiger partial charge on any atom is -0.379 e. The third-order valence-electron chi connectivity index (χ3n) is 3.74. The predicted molar refractivity (Wildman–Crippen MR) is 76.1 cm³/mol. The minimum absolute atomic E-state index is 0.210. The lowest BCUT2D eigenvalue weighted by molar-refractivity contribution is 0.0719. The van der Waals surface area contributed by atoms with Crippen molar-refractivity contribution in [3.63, 3.8) is 0 Å². The van der Waals surface area contributed by atoms with Gasteiger partial charge in [0.25, 0.3) is 0 Å². The smallest absolute Gasteiger partial charge is 0.0945 e. The molecule has 0 spiro atoms. The monoisotopic (exact) mass is 266 g/mol. The molecule has 1 aromatic rings. The zero-order chi connectivity index (χ0) is 13.8. The lowest BCUT2D eigenvalue weighted by atomic mass is 10.0. The normalized spacial score (nSPS) is 24.5. The number of ether oxygens (including phenoxy) is 1. The van der Waals surface area contributed by atoms with Crippen LogP contribution in [-0.2, 0) is 11.8 Å². The number of hydrogen-bond donors (Lipinski definition) is 1. The summed E-state index contributed by atoms with van der Waals surface area (Å²) < 4.78 is 7.65. The quantitative estimate of drug-likeness (QED) is 0.779. The van der Waals surface area contributed by atoms with Crippen molar-refractivity contribution in [2.24, 2.45) is 12.8 Å². The number of likely N-dealkylation sites (tertiary alicyclic amines) is 1. The first-order valence-corrected chi connectivity index (χ1v) is 7.13. The summed E-state index contributed by atoms with van der Waals surface area (Å²) in [5.41, 5.74) is 7.51. The Kier molecular flexibility index (Phi) is 4.96. The standard InChI is InChI=1S/C14H26N4O/c1-11(2)19-6-4-5-18-8-12(13(15)9-18)14-7-16-10-17(14)3/h7,10-13H,4-6,8-9,15H2,1-3H3/t12-,13-/m1/s1. The van der Waals surface area contributed by atoms with Gasteiger partial charge in [-0.15, -0.1) is 0 Å². The van der Waals surface area contributed by atoms with E-state index in [1.807, 2.05) is 19.6 Å². The first-order chi connectivity index (χ1) is 9.08. The lowest BCUT2D eigenvalue weighted by Crippen LogP contribution is -2.29. The maximum absolute atomic E-state index is 6.27. The zero-order valence-electron chi connectivity index (χ0n) is 12.2. The van der Waals surface area contributed by atoms with Crippen LogP contribution in [0.1, 0.15) is 31.9 Å². The molecule has 2 N–H and O–H groups in total. The number of nitrogens with zero attached hydrogens (tertiary/aromatic N) is 3. The fourth-order valence-corrected chi connectivity index (χ4v) is 2.74. The summed E-state index contributed by atoms with van der Waals surface area (Å²) in [5.74, 6) is 0.401. The van der Waals surface area contributed by atoms with E-state index in [9.17, 15) is 0 Å². The van der Waals surface area contributed by atoms with Crippen LogP contribution in [0.3, 0.4) is 0 Å². The van der Waals surface area contributed by atoms with Gasteiger partial charge in [0.1, 0.15) is 0 Å². The van der Waals surface area contributed by atoms with Crippen molar-refractivity contribution in [2.45, 2.75) is 38.3 Å². The van der Waals surface area contributed by atoms with Crippen LogP contribution in [0.25, 0.3) is 0 Å². The van der Waals surface area contributed by atoms with Crippen LogP contribution in [-0.4, -0.2) is 52.8 Å². The molecule has 2 atom stereocenters. The Bertz CT molecular complexity index is 391. The molecule has 1 aromatic heterocycles. The molecule has 0 aromatic carbocycles. The van der Waals surface area contributed by atoms with E-state index in [1.165, 1.54) is 5.69 Å². The number of nitrogens with two attached hydrogens (primary N) is 1. The Morgan fingerprint density at radius 3 is 2.89 bits per heavy atom. The average molecular weight is 266 g/mol. The van der Waals surface area contributed by atoms with Crippen LogP contribution in [0, 0.1) is 0 Å². The summed E-state index contributed by atoms with van der Waals surface area (Å²) in [6.45, 7) is 8.04. The summed E-state index contributed by atoms with van der Waals surface area (Å²) in [4.78, 5) is 6.63. The molecule has 19 heavy (non-hydrogen) atoms. The molecule has 1 fully saturated rings. The third kappa shape index (κ3) is 3.78. The predicted octanol–water partition coefficient (Wildman–Crippen LogP) is 0.962. The highest BCUT2D eigenvalue weighted by molar-refractivity contribution is 5.13. The number of imidazole rings is 1. The Morgan fingerprint density at radius 2 is 2.26 bits per heavy atom. The SMILES string of the molecule is CC(C)OCCCN1C[C@@H](N)[C@H](c2cncn2C)C1. The maximum Gasteiger partial charge on any atom is 0.0945 e. The molecular weight excluding hydrogens is 240 g/mol. The Morgan fingerprint density at radius 1 is 1.47 bits per heavy atom. The van der Waals surface area contributed by atoms with Gasteiger partial charge >= 0.3 is 0 Å². The van der Waals surface area contributed by atoms with Gasteiger partial charge in [0.15, 0.2) is 0 Å². The van der Waals surface area contributed by atoms with E-state index in [4.69, 9.17) is 10.5 Å². The van der Waals surface area contributed by atoms with Gasteiger partial charge in [0, 0.05) is 57.1 Å². The van der Waals surface area contributed by atoms with Gasteiger partial charge in [0.05, 0.1) is 12.4 Å². The summed E-state index contributed by atoms with van der Waals surface area (Å²) >= 11 is 0. The molecule has 0 amide bonds. The van der Waals surface area contributed by atoms with E-state index in [1.54, 1.807) is 0 Å². The summed E-state index contributed by atoms with van der Waals surface area (Å²) in [7, 11) is 2.04. The first kappa shape index (κ1) is 14.5. The number of aromatic nitrogens is 2. The Hall–Kier alpha value is -0.910. The second kappa shape index (κ2) is 6.50. The van der Waals surface area contributed by atoms with E-state index in [2.05, 4.69) is 28.3 Å². The number of aryl methyl sites for hydroxylation is 1. The molecule has 1 aliphatic heterocycles. The average Bonchev–Trinajstić information content (AvgIpc) is 2.91. The van der Waals surface area contributed by atoms with E-state index in [-0.39, 0.29) is 6.04 Å². The van der Waals surface area contributed by atoms with Gasteiger partial charge < -0.3 is 19.9 Å². The highest BCUT2D eigenvalue weighted by Gasteiger charge is 2.32. The van der Waals surface area contributed by atoms with E-state index in [0.717, 1.165) is 32.7 Å². The molecular formula is C14H26N4O. The van der Waals surface area contributed by atoms with Crippen molar-refractivity contribution in [3.05, 3.63) is 18.2 Å². The molecule has 5 heteroatoms. The van der Waals surface area contributed by atoms with Crippen LogP contribution in [0.4, 0.5) is 0 Å². The second-order valence-corrected chi connectivity index (χ2v) is 5.73. The molecule has 1 saturated heterocycles. The topological polar surface area (TPSA) is 56.3 Å². The lowest BCUT2D eigenvalue weighted by Gasteiger charge is -2.16. The molecule has 1 aliphatic rings. The molecule has 5 nitrogen and oxygen atoms in total. The van der Waals surface area contributed by atoms with Crippen LogP contribution in [0.5, 0.6) is 0 Å². The Balaban J connectivity index is 1.79. The summed E-state index contributed by atoms with van der Waals surface area (Å²) in [6.07, 6.45) is 5.18. The van der Waals surface area contributed by atoms with E-state index < -0.39 is 0 Å². The molecule has 0 unspecified atom stereocenters. The summed E-state index contributed by atoms with van der Waals surface area (Å²) in [5, 5.41) is 0. The van der Waals surface area contributed by atoms with E-state index >= 15 is 0 Å². The molecule has 0 bridgehead atoms. The van der Waals surface area contributed by atoms with Gasteiger partial charge in [0.2, 0.25) is 0 Å². The number of rotatable bonds is 6. The molecule has 2 rings (SSSR count). The van der Waals surface area contributed by atoms with Crippen molar-refractivity contribution < 1.29 is 4.74 Å². The van der Waals surface area contributed by atoms with Crippen LogP contribution in [0.2, 0.25) is 0 Å². The van der Waals surface area contributed by atoms with Gasteiger partial charge in [-0.2, -0.15) is 0 Å². The van der Waals surface area contributed by atoms with Crippen LogP contribution < -0.4 is 5.73 Å². The minimum atomic E-state index is 0.210. The molecule has 0 aliphatic carbocycles. The fraction of sp³-hybridized carbons (Fsp3) is 0.786. The second-order valence-electron chi connectivity index (χ2n) is 5.73. The molecule has 0 saturated carbocycles. The van der Waals surface area contributed by atoms with Crippen LogP contribution in [0.15, 0.2) is 12.5 Å². The van der Waals surface area contributed by atoms with E-state index in [0.29, 0.717) is 12.0 Å². The van der Waals surface area contributed by atoms with Crippen molar-refractivity contribution >= 4 is 0 Å². The molecule has 2 heterocycles. The van der Waals surface area contributed by atoms with Crippen molar-refractivity contribution in [2.75, 3.05) is 26.2 Å². The zero-order valence-corrected chi connectivity index (χ0v) is 12.2. The van der Waals surface area contributed by atoms with Crippen molar-refractivity contribution in [1.82, 2.24) is 14.5 Å². The fourth-order valence-electron chi connectivity index (χ4n) is 2.74. The molecule has 108 valence electrons. The van der Waals surface area contributed by atoms with Gasteiger partial charge in [-0.3, -0.25) is 0 Å². The third-order valence-corrected chi connectivity index (χ3v) is 3.74. The maximum atomic E-state index is 6.27. The first-order valence-electron chi connectivity index (χ1n) is 7.13. The van der Waals surface area contributed by atoms with Gasteiger partial charge in [-0.1, -0.05) is 0 Å². The molecule has 0 radical (unpaired) electrons. The largest absolute Gasteiger partial charge is 0.379 e. The highest BCUT2D eigenvalue weighted by atomic mass is 16.5. The summed E-state index contributed by atoms with van der Waals surface area (Å²) in [6, 6.07) is 0.210. The van der Waals surface area contributed by atoms with Crippen molar-refractivity contribution in [1.29, 1.82) is 0 Å². The van der Waals surface area contributed by atoms with Crippen LogP contribution >= 0.6 is 0 Å². The Labute approximate surface area is 115 Å². The van der Waals surface area contributed by atoms with Gasteiger partial charge in [-0.05, 0) is 20.3 Å². The van der Waals surface area contributed by atoms with Gasteiger partial charge in [-0.25, -0.2) is 4.98 Å². The van der Waals surface area contributed by atoms with Crippen molar-refractivity contribution in [3.8, 4) is 0 Å².